The van der Waals surface area contributed by atoms with Crippen LogP contribution in [0.1, 0.15) is 41.5 Å². The molecule has 0 spiro atoms. The maximum absolute atomic E-state index is 11.7. The molecular weight excluding hydrogens is 338 g/mol. The highest BCUT2D eigenvalue weighted by Crippen LogP contribution is 2.20. The van der Waals surface area contributed by atoms with Crippen molar-refractivity contribution in [1.29, 1.82) is 0 Å². The van der Waals surface area contributed by atoms with Crippen molar-refractivity contribution in [2.24, 2.45) is 5.92 Å². The molecule has 0 aliphatic carbocycles. The van der Waals surface area contributed by atoms with Crippen LogP contribution in [0.4, 0.5) is 4.79 Å². The zero-order valence-corrected chi connectivity index (χ0v) is 15.9. The molecule has 0 bridgehead atoms. The number of methoxy groups -OCH3 is 1. The predicted molar refractivity (Wildman–Crippen MR) is 88.0 cm³/mol. The monoisotopic (exact) mass is 367 g/mol. The van der Waals surface area contributed by atoms with E-state index in [0.29, 0.717) is 24.4 Å². The molecule has 0 saturated carbocycles. The van der Waals surface area contributed by atoms with Crippen LogP contribution in [0.5, 0.6) is 0 Å². The van der Waals surface area contributed by atoms with Gasteiger partial charge in [0.1, 0.15) is 5.60 Å². The summed E-state index contributed by atoms with van der Waals surface area (Å²) in [6.07, 6.45) is -0.468. The molecule has 0 radical (unpaired) electrons. The molecule has 0 aromatic carbocycles. The van der Waals surface area contributed by atoms with Gasteiger partial charge in [-0.1, -0.05) is 29.8 Å². The summed E-state index contributed by atoms with van der Waals surface area (Å²) in [6.45, 7) is 12.5. The average Bonchev–Trinajstić information content (AvgIpc) is 2.34. The molecule has 21 heavy (non-hydrogen) atoms. The van der Waals surface area contributed by atoms with Gasteiger partial charge in [0.25, 0.3) is 0 Å². The van der Waals surface area contributed by atoms with Gasteiger partial charge in [-0.2, -0.15) is 0 Å². The molecule has 5 nitrogen and oxygen atoms in total. The molecule has 2 atom stereocenters. The highest BCUT2D eigenvalue weighted by molar-refractivity contribution is 9.09. The molecule has 1 amide bonds. The number of alkyl carbamates (subject to hydrolysis) is 1. The number of hydrogen-bond donors (Lipinski definition) is 1. The Bertz CT molecular complexity index is 317. The molecule has 0 saturated heterocycles. The lowest BCUT2D eigenvalue weighted by atomic mass is 10.1. The van der Waals surface area contributed by atoms with Gasteiger partial charge in [0, 0.05) is 12.4 Å². The molecule has 0 heterocycles. The lowest BCUT2D eigenvalue weighted by Crippen LogP contribution is -2.49. The van der Waals surface area contributed by atoms with Crippen LogP contribution in [0, 0.1) is 5.92 Å². The van der Waals surface area contributed by atoms with Crippen LogP contribution in [0.25, 0.3) is 0 Å². The maximum atomic E-state index is 11.7. The number of rotatable bonds is 8. The second kappa shape index (κ2) is 8.96. The third-order valence-electron chi connectivity index (χ3n) is 2.80. The molecule has 0 aromatic rings. The van der Waals surface area contributed by atoms with E-state index in [1.807, 2.05) is 27.7 Å². The minimum absolute atomic E-state index is 0.0296. The van der Waals surface area contributed by atoms with Crippen LogP contribution in [-0.2, 0) is 14.2 Å². The zero-order valence-electron chi connectivity index (χ0n) is 14.3. The SMILES string of the molecule is COCC(OC(C)(CBr)CNC(=O)OC(C)(C)C)C(C)C. The first-order valence-electron chi connectivity index (χ1n) is 7.22. The Morgan fingerprint density at radius 3 is 2.19 bits per heavy atom. The zero-order chi connectivity index (χ0) is 16.7. The van der Waals surface area contributed by atoms with Gasteiger partial charge < -0.3 is 19.5 Å². The first-order chi connectivity index (χ1) is 9.53. The summed E-state index contributed by atoms with van der Waals surface area (Å²) in [6, 6.07) is 0. The van der Waals surface area contributed by atoms with Gasteiger partial charge in [0.05, 0.1) is 24.9 Å². The lowest BCUT2D eigenvalue weighted by Gasteiger charge is -2.34. The molecule has 126 valence electrons. The maximum Gasteiger partial charge on any atom is 0.407 e. The fourth-order valence-corrected chi connectivity index (χ4v) is 1.92. The van der Waals surface area contributed by atoms with Crippen LogP contribution in [0.15, 0.2) is 0 Å². The largest absolute Gasteiger partial charge is 0.444 e. The summed E-state index contributed by atoms with van der Waals surface area (Å²) >= 11 is 3.45. The minimum Gasteiger partial charge on any atom is -0.444 e. The summed E-state index contributed by atoms with van der Waals surface area (Å²) in [5, 5.41) is 3.36. The van der Waals surface area contributed by atoms with Gasteiger partial charge in [0.2, 0.25) is 0 Å². The first-order valence-corrected chi connectivity index (χ1v) is 8.34. The Hall–Kier alpha value is -0.330. The van der Waals surface area contributed by atoms with Crippen molar-refractivity contribution >= 4 is 22.0 Å². The third-order valence-corrected chi connectivity index (χ3v) is 3.98. The Kier molecular flexibility index (Phi) is 8.81. The lowest BCUT2D eigenvalue weighted by molar-refractivity contribution is -0.109. The molecule has 2 unspecified atom stereocenters. The Labute approximate surface area is 137 Å². The van der Waals surface area contributed by atoms with Crippen molar-refractivity contribution in [2.45, 2.75) is 58.8 Å². The van der Waals surface area contributed by atoms with Crippen LogP contribution < -0.4 is 5.32 Å². The van der Waals surface area contributed by atoms with Gasteiger partial charge in [0.15, 0.2) is 0 Å². The Balaban J connectivity index is 4.55. The van der Waals surface area contributed by atoms with Crippen molar-refractivity contribution < 1.29 is 19.0 Å². The van der Waals surface area contributed by atoms with E-state index in [4.69, 9.17) is 14.2 Å². The number of nitrogens with one attached hydrogen (secondary N) is 1. The summed E-state index contributed by atoms with van der Waals surface area (Å²) in [5.41, 5.74) is -1.03. The molecule has 0 rings (SSSR count). The molecule has 0 aliphatic rings. The van der Waals surface area contributed by atoms with Crippen LogP contribution in [-0.4, -0.2) is 49.0 Å². The Morgan fingerprint density at radius 1 is 1.24 bits per heavy atom. The molecule has 0 aromatic heterocycles. The van der Waals surface area contributed by atoms with Crippen molar-refractivity contribution in [3.05, 3.63) is 0 Å². The van der Waals surface area contributed by atoms with Gasteiger partial charge >= 0.3 is 6.09 Å². The molecule has 6 heteroatoms. The Morgan fingerprint density at radius 2 is 1.81 bits per heavy atom. The predicted octanol–water partition coefficient (Wildman–Crippen LogP) is 3.35. The number of carbonyl (C=O) groups excluding carboxylic acids is 1. The molecule has 0 aliphatic heterocycles. The van der Waals surface area contributed by atoms with E-state index >= 15 is 0 Å². The fourth-order valence-electron chi connectivity index (χ4n) is 1.59. The van der Waals surface area contributed by atoms with Crippen LogP contribution >= 0.6 is 15.9 Å². The van der Waals surface area contributed by atoms with E-state index in [9.17, 15) is 4.79 Å². The van der Waals surface area contributed by atoms with Gasteiger partial charge in [-0.25, -0.2) is 4.79 Å². The standard InChI is InChI=1S/C15H30BrNO4/c1-11(2)12(8-19-7)20-15(6,9-16)10-17-13(18)21-14(3,4)5/h11-12H,8-10H2,1-7H3,(H,17,18). The third kappa shape index (κ3) is 9.32. The van der Waals surface area contributed by atoms with E-state index in [-0.39, 0.29) is 6.10 Å². The van der Waals surface area contributed by atoms with Crippen molar-refractivity contribution in [3.8, 4) is 0 Å². The van der Waals surface area contributed by atoms with Gasteiger partial charge in [-0.05, 0) is 33.6 Å². The molecular formula is C15H30BrNO4. The number of amides is 1. The molecule has 0 fully saturated rings. The van der Waals surface area contributed by atoms with Crippen molar-refractivity contribution in [1.82, 2.24) is 5.32 Å². The number of hydrogen-bond acceptors (Lipinski definition) is 4. The number of ether oxygens (including phenoxy) is 3. The van der Waals surface area contributed by atoms with E-state index in [2.05, 4.69) is 35.1 Å². The quantitative estimate of drug-likeness (QED) is 0.668. The topological polar surface area (TPSA) is 56.8 Å². The smallest absolute Gasteiger partial charge is 0.407 e. The fraction of sp³-hybridized carbons (Fsp3) is 0.933. The van der Waals surface area contributed by atoms with E-state index in [1.54, 1.807) is 7.11 Å². The second-order valence-electron chi connectivity index (χ2n) is 6.79. The highest BCUT2D eigenvalue weighted by Gasteiger charge is 2.30. The van der Waals surface area contributed by atoms with Crippen LogP contribution in [0.2, 0.25) is 0 Å². The first kappa shape index (κ1) is 20.7. The summed E-state index contributed by atoms with van der Waals surface area (Å²) < 4.78 is 16.6. The second-order valence-corrected chi connectivity index (χ2v) is 7.36. The normalized spacial score (nSPS) is 16.4. The van der Waals surface area contributed by atoms with Crippen molar-refractivity contribution in [2.75, 3.05) is 25.6 Å². The van der Waals surface area contributed by atoms with E-state index in [0.717, 1.165) is 0 Å². The average molecular weight is 368 g/mol. The van der Waals surface area contributed by atoms with Gasteiger partial charge in [-0.3, -0.25) is 0 Å². The van der Waals surface area contributed by atoms with Crippen molar-refractivity contribution in [3.63, 3.8) is 0 Å². The molecule has 1 N–H and O–H groups in total. The number of carbonyl (C=O) groups is 1. The minimum atomic E-state index is -0.523. The van der Waals surface area contributed by atoms with Crippen LogP contribution in [0.3, 0.4) is 0 Å². The van der Waals surface area contributed by atoms with Gasteiger partial charge in [-0.15, -0.1) is 0 Å². The summed E-state index contributed by atoms with van der Waals surface area (Å²) in [5.74, 6) is 0.324. The highest BCUT2D eigenvalue weighted by atomic mass is 79.9. The number of alkyl halides is 1. The summed E-state index contributed by atoms with van der Waals surface area (Å²) in [7, 11) is 1.66. The van der Waals surface area contributed by atoms with E-state index in [1.165, 1.54) is 0 Å². The number of halogens is 1. The summed E-state index contributed by atoms with van der Waals surface area (Å²) in [4.78, 5) is 11.7. The van der Waals surface area contributed by atoms with E-state index < -0.39 is 17.3 Å².